The predicted octanol–water partition coefficient (Wildman–Crippen LogP) is 4.16. The number of hydrogen-bond donors (Lipinski definition) is 3. The fourth-order valence-electron chi connectivity index (χ4n) is 5.80. The van der Waals surface area contributed by atoms with Gasteiger partial charge in [0.1, 0.15) is 17.2 Å². The van der Waals surface area contributed by atoms with E-state index in [9.17, 15) is 4.79 Å². The molecule has 9 heteroatoms. The number of H-pyrrole nitrogens is 1. The van der Waals surface area contributed by atoms with Crippen LogP contribution in [0, 0.1) is 5.92 Å². The van der Waals surface area contributed by atoms with Crippen LogP contribution < -0.4 is 24.8 Å². The number of hydrogen-bond acceptors (Lipinski definition) is 7. The first-order valence-electron chi connectivity index (χ1n) is 13.0. The molecule has 3 atom stereocenters. The zero-order chi connectivity index (χ0) is 25.4. The van der Waals surface area contributed by atoms with Gasteiger partial charge in [0.2, 0.25) is 0 Å². The minimum absolute atomic E-state index is 0.0904. The van der Waals surface area contributed by atoms with Gasteiger partial charge in [0.05, 0.1) is 49.7 Å². The molecule has 1 unspecified atom stereocenters. The molecule has 1 amide bonds. The maximum Gasteiger partial charge on any atom is 0.255 e. The topological polar surface area (TPSA) is 101 Å². The standard InChI is InChI=1S/C28H33N5O4/c1-35-19-5-6-21(22(12-19)36-2)31-27-24-25-18(13-30-28(24)34)4-3-10-33-11-8-17(15-33)16-37-23-14-29-9-7-20(23)26(27)32-25/h5-7,9,12,14,17-18,31-32H,3-4,8,10-11,13,15-16H2,1-2H3,(H,30,34)/t17-,18-/m1/s1. The molecule has 0 saturated carbocycles. The molecule has 1 aromatic carbocycles. The Morgan fingerprint density at radius 1 is 1.16 bits per heavy atom. The summed E-state index contributed by atoms with van der Waals surface area (Å²) in [5, 5.41) is 6.66. The summed E-state index contributed by atoms with van der Waals surface area (Å²) in [5.74, 6) is 2.63. The Labute approximate surface area is 216 Å². The third kappa shape index (κ3) is 4.48. The average molecular weight is 504 g/mol. The van der Waals surface area contributed by atoms with Gasteiger partial charge < -0.3 is 34.7 Å². The van der Waals surface area contributed by atoms with Crippen molar-refractivity contribution in [1.29, 1.82) is 0 Å². The number of amides is 1. The lowest BCUT2D eigenvalue weighted by Crippen LogP contribution is -2.35. The van der Waals surface area contributed by atoms with Gasteiger partial charge in [0, 0.05) is 48.4 Å². The fourth-order valence-corrected chi connectivity index (χ4v) is 5.80. The highest BCUT2D eigenvalue weighted by Crippen LogP contribution is 2.44. The Morgan fingerprint density at radius 3 is 2.95 bits per heavy atom. The molecule has 3 aliphatic rings. The number of pyridine rings is 1. The minimum Gasteiger partial charge on any atom is -0.497 e. The number of ether oxygens (including phenoxy) is 3. The number of rotatable bonds is 4. The Morgan fingerprint density at radius 2 is 2.08 bits per heavy atom. The van der Waals surface area contributed by atoms with Crippen molar-refractivity contribution in [3.63, 3.8) is 0 Å². The number of aromatic nitrogens is 2. The Balaban J connectivity index is 1.49. The van der Waals surface area contributed by atoms with Crippen molar-refractivity contribution >= 4 is 17.3 Å². The molecule has 3 N–H and O–H groups in total. The van der Waals surface area contributed by atoms with E-state index >= 15 is 0 Å². The van der Waals surface area contributed by atoms with Gasteiger partial charge in [0.25, 0.3) is 5.91 Å². The van der Waals surface area contributed by atoms with E-state index in [4.69, 9.17) is 14.2 Å². The van der Waals surface area contributed by atoms with E-state index in [1.165, 1.54) is 0 Å². The molecule has 37 heavy (non-hydrogen) atoms. The Hall–Kier alpha value is -3.72. The number of methoxy groups -OCH3 is 2. The van der Waals surface area contributed by atoms with Crippen LogP contribution >= 0.6 is 0 Å². The Bertz CT molecular complexity index is 1310. The second kappa shape index (κ2) is 9.97. The van der Waals surface area contributed by atoms with E-state index in [1.807, 2.05) is 24.3 Å². The molecule has 3 aliphatic heterocycles. The molecule has 0 radical (unpaired) electrons. The maximum absolute atomic E-state index is 13.3. The number of carbonyl (C=O) groups is 1. The van der Waals surface area contributed by atoms with Crippen LogP contribution in [0.4, 0.5) is 11.4 Å². The number of nitrogens with one attached hydrogen (secondary N) is 3. The molecular weight excluding hydrogens is 470 g/mol. The van der Waals surface area contributed by atoms with Crippen LogP contribution in [0.15, 0.2) is 36.7 Å². The van der Waals surface area contributed by atoms with E-state index in [2.05, 4.69) is 25.5 Å². The molecule has 1 saturated heterocycles. The van der Waals surface area contributed by atoms with Crippen molar-refractivity contribution in [2.45, 2.75) is 25.2 Å². The highest BCUT2D eigenvalue weighted by molar-refractivity contribution is 6.07. The van der Waals surface area contributed by atoms with Crippen molar-refractivity contribution < 1.29 is 19.0 Å². The molecule has 3 aromatic rings. The number of nitrogens with zero attached hydrogens (tertiary/aromatic N) is 2. The SMILES string of the molecule is COc1ccc(Nc2c3[nH]c4c2C(=O)NC[C@H]4CCCN2CC[C@@H](COc4cnccc4-3)C2)c(OC)c1. The van der Waals surface area contributed by atoms with Crippen LogP contribution in [0.1, 0.15) is 41.2 Å². The number of benzene rings is 1. The summed E-state index contributed by atoms with van der Waals surface area (Å²) in [4.78, 5) is 23.9. The summed E-state index contributed by atoms with van der Waals surface area (Å²) in [7, 11) is 3.24. The van der Waals surface area contributed by atoms with Crippen molar-refractivity contribution in [3.8, 4) is 28.5 Å². The van der Waals surface area contributed by atoms with Crippen molar-refractivity contribution in [2.24, 2.45) is 5.92 Å². The monoisotopic (exact) mass is 503 g/mol. The molecule has 0 aliphatic carbocycles. The number of anilines is 2. The van der Waals surface area contributed by atoms with E-state index < -0.39 is 0 Å². The van der Waals surface area contributed by atoms with Crippen LogP contribution in [-0.2, 0) is 0 Å². The maximum atomic E-state index is 13.3. The van der Waals surface area contributed by atoms with Gasteiger partial charge in [-0.15, -0.1) is 0 Å². The van der Waals surface area contributed by atoms with Crippen molar-refractivity contribution in [2.75, 3.05) is 52.3 Å². The summed E-state index contributed by atoms with van der Waals surface area (Å²) >= 11 is 0. The molecular formula is C28H33N5O4. The predicted molar refractivity (Wildman–Crippen MR) is 141 cm³/mol. The van der Waals surface area contributed by atoms with Gasteiger partial charge >= 0.3 is 0 Å². The van der Waals surface area contributed by atoms with Gasteiger partial charge in [-0.3, -0.25) is 9.78 Å². The van der Waals surface area contributed by atoms with E-state index in [1.54, 1.807) is 26.6 Å². The molecule has 194 valence electrons. The van der Waals surface area contributed by atoms with E-state index in [0.717, 1.165) is 61.5 Å². The van der Waals surface area contributed by atoms with Gasteiger partial charge in [-0.25, -0.2) is 0 Å². The quantitative estimate of drug-likeness (QED) is 0.492. The normalized spacial score (nSPS) is 22.8. The second-order valence-electron chi connectivity index (χ2n) is 10.0. The zero-order valence-electron chi connectivity index (χ0n) is 21.3. The number of aromatic amines is 1. The largest absolute Gasteiger partial charge is 0.497 e. The molecule has 2 aromatic heterocycles. The van der Waals surface area contributed by atoms with Crippen LogP contribution in [0.2, 0.25) is 0 Å². The van der Waals surface area contributed by atoms with Gasteiger partial charge in [-0.1, -0.05) is 0 Å². The minimum atomic E-state index is -0.0904. The summed E-state index contributed by atoms with van der Waals surface area (Å²) in [6.45, 7) is 4.52. The lowest BCUT2D eigenvalue weighted by molar-refractivity contribution is 0.0939. The molecule has 9 nitrogen and oxygen atoms in total. The number of fused-ring (bicyclic) bond motifs is 5. The molecule has 4 bridgehead atoms. The summed E-state index contributed by atoms with van der Waals surface area (Å²) in [6, 6.07) is 7.54. The first-order chi connectivity index (χ1) is 18.1. The smallest absolute Gasteiger partial charge is 0.255 e. The van der Waals surface area contributed by atoms with Gasteiger partial charge in [0.15, 0.2) is 0 Å². The first-order valence-corrected chi connectivity index (χ1v) is 13.0. The van der Waals surface area contributed by atoms with Crippen molar-refractivity contribution in [1.82, 2.24) is 20.2 Å². The lowest BCUT2D eigenvalue weighted by Gasteiger charge is -2.25. The number of carbonyl (C=O) groups excluding carboxylic acids is 1. The molecule has 6 rings (SSSR count). The lowest BCUT2D eigenvalue weighted by atomic mass is 9.92. The van der Waals surface area contributed by atoms with Crippen LogP contribution in [-0.4, -0.2) is 67.8 Å². The second-order valence-corrected chi connectivity index (χ2v) is 10.0. The molecule has 1 fully saturated rings. The van der Waals surface area contributed by atoms with Gasteiger partial charge in [-0.05, 0) is 50.6 Å². The Kier molecular flexibility index (Phi) is 6.38. The van der Waals surface area contributed by atoms with Crippen LogP contribution in [0.25, 0.3) is 11.3 Å². The first kappa shape index (κ1) is 23.7. The average Bonchev–Trinajstić information content (AvgIpc) is 3.54. The van der Waals surface area contributed by atoms with E-state index in [0.29, 0.717) is 47.6 Å². The highest BCUT2D eigenvalue weighted by Gasteiger charge is 2.34. The molecule has 0 spiro atoms. The van der Waals surface area contributed by atoms with Crippen LogP contribution in [0.3, 0.4) is 0 Å². The summed E-state index contributed by atoms with van der Waals surface area (Å²) in [5.41, 5.74) is 4.74. The summed E-state index contributed by atoms with van der Waals surface area (Å²) in [6.07, 6.45) is 6.76. The fraction of sp³-hybridized carbons (Fsp3) is 0.429. The third-order valence-electron chi connectivity index (χ3n) is 7.77. The van der Waals surface area contributed by atoms with Crippen LogP contribution in [0.5, 0.6) is 17.2 Å². The zero-order valence-corrected chi connectivity index (χ0v) is 21.3. The third-order valence-corrected chi connectivity index (χ3v) is 7.77. The van der Waals surface area contributed by atoms with Crippen molar-refractivity contribution in [3.05, 3.63) is 47.9 Å². The highest BCUT2D eigenvalue weighted by atomic mass is 16.5. The summed E-state index contributed by atoms with van der Waals surface area (Å²) < 4.78 is 17.4. The van der Waals surface area contributed by atoms with Gasteiger partial charge in [-0.2, -0.15) is 0 Å². The van der Waals surface area contributed by atoms with E-state index in [-0.39, 0.29) is 11.8 Å². The molecule has 5 heterocycles.